The van der Waals surface area contributed by atoms with Gasteiger partial charge in [-0.2, -0.15) is 0 Å². The molecule has 140 valence electrons. The van der Waals surface area contributed by atoms with Crippen LogP contribution < -0.4 is 15.6 Å². The first-order valence-corrected chi connectivity index (χ1v) is 8.52. The fourth-order valence-electron chi connectivity index (χ4n) is 2.44. The van der Waals surface area contributed by atoms with E-state index < -0.39 is 17.9 Å². The van der Waals surface area contributed by atoms with Crippen LogP contribution in [0.3, 0.4) is 0 Å². The Kier molecular flexibility index (Phi) is 5.75. The van der Waals surface area contributed by atoms with Crippen LogP contribution in [-0.4, -0.2) is 17.9 Å². The van der Waals surface area contributed by atoms with Crippen LogP contribution in [0.2, 0.25) is 0 Å². The zero-order chi connectivity index (χ0) is 19.5. The largest absolute Gasteiger partial charge is 0.481 e. The SMILES string of the molecule is Cc1cc(C(=O)NNC(=O)[C@H](C)Oc2cccc(C(C)(C)C)c2)c(C)o1. The van der Waals surface area contributed by atoms with Gasteiger partial charge in [-0.1, -0.05) is 32.9 Å². The molecule has 2 N–H and O–H groups in total. The molecule has 0 saturated heterocycles. The van der Waals surface area contributed by atoms with Gasteiger partial charge in [-0.05, 0) is 49.9 Å². The fraction of sp³-hybridized carbons (Fsp3) is 0.400. The van der Waals surface area contributed by atoms with Gasteiger partial charge in [0, 0.05) is 0 Å². The first-order chi connectivity index (χ1) is 12.1. The van der Waals surface area contributed by atoms with E-state index in [1.807, 2.05) is 18.2 Å². The third-order valence-corrected chi connectivity index (χ3v) is 3.97. The maximum Gasteiger partial charge on any atom is 0.279 e. The van der Waals surface area contributed by atoms with Gasteiger partial charge in [0.05, 0.1) is 5.56 Å². The molecule has 0 radical (unpaired) electrons. The van der Waals surface area contributed by atoms with E-state index in [1.165, 1.54) is 0 Å². The fourth-order valence-corrected chi connectivity index (χ4v) is 2.44. The van der Waals surface area contributed by atoms with Crippen molar-refractivity contribution in [3.8, 4) is 5.75 Å². The van der Waals surface area contributed by atoms with Gasteiger partial charge in [-0.3, -0.25) is 20.4 Å². The maximum atomic E-state index is 12.2. The van der Waals surface area contributed by atoms with Crippen molar-refractivity contribution in [2.75, 3.05) is 0 Å². The molecule has 0 spiro atoms. The minimum atomic E-state index is -0.766. The third-order valence-electron chi connectivity index (χ3n) is 3.97. The minimum Gasteiger partial charge on any atom is -0.481 e. The van der Waals surface area contributed by atoms with Gasteiger partial charge in [0.1, 0.15) is 17.3 Å². The molecule has 1 atom stereocenters. The second-order valence-electron chi connectivity index (χ2n) is 7.31. The van der Waals surface area contributed by atoms with E-state index in [0.717, 1.165) is 5.56 Å². The smallest absolute Gasteiger partial charge is 0.279 e. The molecule has 0 aliphatic heterocycles. The summed E-state index contributed by atoms with van der Waals surface area (Å²) in [5.41, 5.74) is 6.24. The van der Waals surface area contributed by atoms with E-state index in [4.69, 9.17) is 9.15 Å². The summed E-state index contributed by atoms with van der Waals surface area (Å²) >= 11 is 0. The third kappa shape index (κ3) is 4.88. The summed E-state index contributed by atoms with van der Waals surface area (Å²) in [4.78, 5) is 24.3. The lowest BCUT2D eigenvalue weighted by Crippen LogP contribution is -2.47. The Morgan fingerprint density at radius 3 is 2.38 bits per heavy atom. The summed E-state index contributed by atoms with van der Waals surface area (Å²) in [6.07, 6.45) is -0.766. The molecule has 1 heterocycles. The zero-order valence-electron chi connectivity index (χ0n) is 16.1. The highest BCUT2D eigenvalue weighted by molar-refractivity contribution is 5.96. The number of rotatable bonds is 4. The molecular formula is C20H26N2O4. The van der Waals surface area contributed by atoms with Crippen molar-refractivity contribution >= 4 is 11.8 Å². The van der Waals surface area contributed by atoms with E-state index in [1.54, 1.807) is 32.9 Å². The summed E-state index contributed by atoms with van der Waals surface area (Å²) in [6, 6.07) is 9.25. The lowest BCUT2D eigenvalue weighted by atomic mass is 9.87. The molecule has 26 heavy (non-hydrogen) atoms. The summed E-state index contributed by atoms with van der Waals surface area (Å²) in [5, 5.41) is 0. The number of ether oxygens (including phenoxy) is 1. The monoisotopic (exact) mass is 358 g/mol. The highest BCUT2D eigenvalue weighted by Gasteiger charge is 2.19. The van der Waals surface area contributed by atoms with Gasteiger partial charge in [-0.15, -0.1) is 0 Å². The van der Waals surface area contributed by atoms with Gasteiger partial charge >= 0.3 is 0 Å². The maximum absolute atomic E-state index is 12.2. The second kappa shape index (κ2) is 7.64. The molecule has 1 aromatic heterocycles. The average molecular weight is 358 g/mol. The van der Waals surface area contributed by atoms with E-state index >= 15 is 0 Å². The van der Waals surface area contributed by atoms with E-state index in [9.17, 15) is 9.59 Å². The number of carbonyl (C=O) groups excluding carboxylic acids is 2. The molecule has 1 aromatic carbocycles. The summed E-state index contributed by atoms with van der Waals surface area (Å²) in [6.45, 7) is 11.4. The number of hydrazine groups is 1. The normalized spacial score (nSPS) is 12.4. The van der Waals surface area contributed by atoms with Crippen LogP contribution in [0, 0.1) is 13.8 Å². The van der Waals surface area contributed by atoms with Crippen molar-refractivity contribution in [1.29, 1.82) is 0 Å². The van der Waals surface area contributed by atoms with E-state index in [2.05, 4.69) is 31.6 Å². The van der Waals surface area contributed by atoms with Crippen molar-refractivity contribution in [2.45, 2.75) is 53.1 Å². The van der Waals surface area contributed by atoms with Gasteiger partial charge in [0.15, 0.2) is 6.10 Å². The Bertz CT molecular complexity index is 802. The minimum absolute atomic E-state index is 0.0145. The summed E-state index contributed by atoms with van der Waals surface area (Å²) in [5.74, 6) is 0.853. The predicted molar refractivity (Wildman–Crippen MR) is 99.0 cm³/mol. The molecule has 2 rings (SSSR count). The van der Waals surface area contributed by atoms with E-state index in [0.29, 0.717) is 22.8 Å². The molecule has 2 amide bonds. The number of nitrogens with one attached hydrogen (secondary N) is 2. The number of hydrogen-bond donors (Lipinski definition) is 2. The van der Waals surface area contributed by atoms with Crippen LogP contribution in [-0.2, 0) is 10.2 Å². The van der Waals surface area contributed by atoms with Crippen LogP contribution in [0.25, 0.3) is 0 Å². The molecule has 0 bridgehead atoms. The number of carbonyl (C=O) groups is 2. The first kappa shape index (κ1) is 19.6. The Morgan fingerprint density at radius 1 is 1.12 bits per heavy atom. The molecule has 2 aromatic rings. The number of furan rings is 1. The predicted octanol–water partition coefficient (Wildman–Crippen LogP) is 3.42. The summed E-state index contributed by atoms with van der Waals surface area (Å²) < 4.78 is 11.0. The standard InChI is InChI=1S/C20H26N2O4/c1-12-10-17(13(2)25-12)19(24)22-21-18(23)14(3)26-16-9-7-8-15(11-16)20(4,5)6/h7-11,14H,1-6H3,(H,21,23)(H,22,24)/t14-/m0/s1. The van der Waals surface area contributed by atoms with Gasteiger partial charge in [0.25, 0.3) is 11.8 Å². The lowest BCUT2D eigenvalue weighted by molar-refractivity contribution is -0.128. The van der Waals surface area contributed by atoms with Crippen molar-refractivity contribution in [2.24, 2.45) is 0 Å². The molecule has 0 saturated carbocycles. The number of benzene rings is 1. The topological polar surface area (TPSA) is 80.6 Å². The highest BCUT2D eigenvalue weighted by atomic mass is 16.5. The quantitative estimate of drug-likeness (QED) is 0.821. The molecule has 0 aliphatic carbocycles. The number of aryl methyl sites for hydroxylation is 2. The van der Waals surface area contributed by atoms with Crippen LogP contribution in [0.15, 0.2) is 34.7 Å². The molecule has 6 heteroatoms. The number of amides is 2. The van der Waals surface area contributed by atoms with Gasteiger partial charge < -0.3 is 9.15 Å². The van der Waals surface area contributed by atoms with Crippen molar-refractivity contribution < 1.29 is 18.7 Å². The van der Waals surface area contributed by atoms with Crippen molar-refractivity contribution in [1.82, 2.24) is 10.9 Å². The molecular weight excluding hydrogens is 332 g/mol. The Balaban J connectivity index is 1.94. The van der Waals surface area contributed by atoms with Crippen molar-refractivity contribution in [3.05, 3.63) is 53.0 Å². The van der Waals surface area contributed by atoms with Gasteiger partial charge in [0.2, 0.25) is 0 Å². The Labute approximate surface area is 153 Å². The Hall–Kier alpha value is -2.76. The molecule has 0 unspecified atom stereocenters. The van der Waals surface area contributed by atoms with Gasteiger partial charge in [-0.25, -0.2) is 0 Å². The van der Waals surface area contributed by atoms with Crippen LogP contribution >= 0.6 is 0 Å². The number of hydrogen-bond acceptors (Lipinski definition) is 4. The van der Waals surface area contributed by atoms with Crippen LogP contribution in [0.4, 0.5) is 0 Å². The van der Waals surface area contributed by atoms with Crippen LogP contribution in [0.5, 0.6) is 5.75 Å². The lowest BCUT2D eigenvalue weighted by Gasteiger charge is -2.21. The van der Waals surface area contributed by atoms with Crippen LogP contribution in [0.1, 0.15) is 55.1 Å². The molecule has 6 nitrogen and oxygen atoms in total. The molecule has 0 aliphatic rings. The Morgan fingerprint density at radius 2 is 1.81 bits per heavy atom. The highest BCUT2D eigenvalue weighted by Crippen LogP contribution is 2.26. The molecule has 0 fully saturated rings. The first-order valence-electron chi connectivity index (χ1n) is 8.52. The van der Waals surface area contributed by atoms with Crippen molar-refractivity contribution in [3.63, 3.8) is 0 Å². The summed E-state index contributed by atoms with van der Waals surface area (Å²) in [7, 11) is 0. The van der Waals surface area contributed by atoms with E-state index in [-0.39, 0.29) is 5.41 Å². The zero-order valence-corrected chi connectivity index (χ0v) is 16.1. The average Bonchev–Trinajstić information content (AvgIpc) is 2.90. The second-order valence-corrected chi connectivity index (χ2v) is 7.31.